The number of nitrogens with one attached hydrogen (secondary N) is 1. The average Bonchev–Trinajstić information content (AvgIpc) is 3.33. The monoisotopic (exact) mass is 352 g/mol. The number of hydrogen-bond acceptors (Lipinski definition) is 5. The predicted molar refractivity (Wildman–Crippen MR) is 96.1 cm³/mol. The number of imidazole rings is 1. The van der Waals surface area contributed by atoms with Crippen LogP contribution in [0.4, 0.5) is 0 Å². The molecule has 7 heteroatoms. The number of carbonyl (C=O) groups excluding carboxylic acids is 1. The van der Waals surface area contributed by atoms with Crippen molar-refractivity contribution in [3.63, 3.8) is 0 Å². The van der Waals surface area contributed by atoms with Gasteiger partial charge in [-0.05, 0) is 30.7 Å². The van der Waals surface area contributed by atoms with Crippen LogP contribution in [0, 0.1) is 0 Å². The molecule has 1 fully saturated rings. The summed E-state index contributed by atoms with van der Waals surface area (Å²) >= 11 is 0. The Morgan fingerprint density at radius 3 is 3.08 bits per heavy atom. The molecule has 0 aliphatic carbocycles. The first-order valence-corrected chi connectivity index (χ1v) is 8.55. The van der Waals surface area contributed by atoms with Crippen LogP contribution in [0.15, 0.2) is 49.1 Å². The summed E-state index contributed by atoms with van der Waals surface area (Å²) in [6, 6.07) is 9.19. The smallest absolute Gasteiger partial charge is 0.256 e. The van der Waals surface area contributed by atoms with Gasteiger partial charge in [0.15, 0.2) is 0 Å². The number of methoxy groups -OCH3 is 1. The number of nitrogens with zero attached hydrogens (tertiary/aromatic N) is 3. The normalized spacial score (nSPS) is 19.8. The number of benzene rings is 1. The number of rotatable bonds is 5. The zero-order chi connectivity index (χ0) is 17.9. The molecule has 0 saturated carbocycles. The van der Waals surface area contributed by atoms with Gasteiger partial charge in [0.05, 0.1) is 35.8 Å². The highest BCUT2D eigenvalue weighted by Crippen LogP contribution is 2.25. The number of para-hydroxylation sites is 1. The fourth-order valence-electron chi connectivity index (χ4n) is 3.37. The van der Waals surface area contributed by atoms with Gasteiger partial charge in [0, 0.05) is 19.9 Å². The van der Waals surface area contributed by atoms with Crippen LogP contribution in [0.1, 0.15) is 16.8 Å². The molecule has 1 aliphatic rings. The third-order valence-corrected chi connectivity index (χ3v) is 4.73. The van der Waals surface area contributed by atoms with E-state index in [1.165, 1.54) is 0 Å². The van der Waals surface area contributed by atoms with Crippen LogP contribution >= 0.6 is 0 Å². The highest BCUT2D eigenvalue weighted by atomic mass is 16.5. The zero-order valence-electron chi connectivity index (χ0n) is 14.5. The number of H-pyrrole nitrogens is 1. The van der Waals surface area contributed by atoms with Crippen LogP contribution in [-0.2, 0) is 4.74 Å². The lowest BCUT2D eigenvalue weighted by atomic mass is 10.1. The molecule has 2 atom stereocenters. The lowest BCUT2D eigenvalue weighted by Crippen LogP contribution is -2.39. The highest BCUT2D eigenvalue weighted by molar-refractivity contribution is 6.05. The number of ether oxygens (including phenoxy) is 2. The van der Waals surface area contributed by atoms with Gasteiger partial charge in [-0.25, -0.2) is 4.98 Å². The van der Waals surface area contributed by atoms with E-state index in [0.29, 0.717) is 30.0 Å². The highest BCUT2D eigenvalue weighted by Gasteiger charge is 2.37. The number of pyridine rings is 1. The largest absolute Gasteiger partial charge is 0.490 e. The van der Waals surface area contributed by atoms with Crippen molar-refractivity contribution in [1.29, 1.82) is 0 Å². The number of aromatic amines is 1. The Morgan fingerprint density at radius 1 is 1.35 bits per heavy atom. The summed E-state index contributed by atoms with van der Waals surface area (Å²) in [4.78, 5) is 26.4. The molecule has 1 N–H and O–H groups in total. The van der Waals surface area contributed by atoms with Gasteiger partial charge in [-0.15, -0.1) is 0 Å². The molecule has 26 heavy (non-hydrogen) atoms. The van der Waals surface area contributed by atoms with Crippen molar-refractivity contribution >= 4 is 16.9 Å². The Bertz CT molecular complexity index is 896. The minimum Gasteiger partial charge on any atom is -0.490 e. The minimum absolute atomic E-state index is 0.000152. The molecule has 3 heterocycles. The minimum atomic E-state index is -0.0677. The molecule has 2 aromatic heterocycles. The van der Waals surface area contributed by atoms with Crippen molar-refractivity contribution in [2.75, 3.05) is 20.3 Å². The molecule has 0 unspecified atom stereocenters. The Morgan fingerprint density at radius 2 is 2.27 bits per heavy atom. The van der Waals surface area contributed by atoms with E-state index in [-0.39, 0.29) is 18.1 Å². The molecular formula is C19H20N4O3. The van der Waals surface area contributed by atoms with Gasteiger partial charge >= 0.3 is 0 Å². The first kappa shape index (κ1) is 16.5. The van der Waals surface area contributed by atoms with Gasteiger partial charge in [-0.1, -0.05) is 6.07 Å². The molecule has 1 aromatic carbocycles. The molecule has 3 aromatic rings. The topological polar surface area (TPSA) is 80.3 Å². The Balaban J connectivity index is 1.56. The van der Waals surface area contributed by atoms with Crippen LogP contribution in [0.2, 0.25) is 0 Å². The fraction of sp³-hybridized carbons (Fsp3) is 0.316. The molecule has 7 nitrogen and oxygen atoms in total. The Labute approximate surface area is 151 Å². The SMILES string of the molecule is CO[C@@H]1C[C@@H](COc2cccnc2)N(C(=O)c2cccc3[nH]cnc23)C1. The molecule has 4 rings (SSSR count). The first-order valence-electron chi connectivity index (χ1n) is 8.55. The van der Waals surface area contributed by atoms with Crippen LogP contribution in [-0.4, -0.2) is 58.2 Å². The standard InChI is InChI=1S/C19H20N4O3/c1-25-15-8-13(11-26-14-4-3-7-20-9-14)23(10-15)19(24)16-5-2-6-17-18(16)22-12-21-17/h2-7,9,12-13,15H,8,10-11H2,1H3,(H,21,22)/t13-,15+/m0/s1. The predicted octanol–water partition coefficient (Wildman–Crippen LogP) is 2.27. The van der Waals surface area contributed by atoms with Crippen LogP contribution in [0.3, 0.4) is 0 Å². The van der Waals surface area contributed by atoms with Crippen LogP contribution in [0.5, 0.6) is 5.75 Å². The zero-order valence-corrected chi connectivity index (χ0v) is 14.5. The molecule has 0 bridgehead atoms. The fourth-order valence-corrected chi connectivity index (χ4v) is 3.37. The van der Waals surface area contributed by atoms with Gasteiger partial charge in [-0.2, -0.15) is 0 Å². The summed E-state index contributed by atoms with van der Waals surface area (Å²) in [5, 5.41) is 0. The third-order valence-electron chi connectivity index (χ3n) is 4.73. The number of amides is 1. The van der Waals surface area contributed by atoms with Crippen molar-refractivity contribution in [2.45, 2.75) is 18.6 Å². The number of hydrogen-bond donors (Lipinski definition) is 1. The number of likely N-dealkylation sites (tertiary alicyclic amines) is 1. The summed E-state index contributed by atoms with van der Waals surface area (Å²) in [7, 11) is 1.67. The number of fused-ring (bicyclic) bond motifs is 1. The molecule has 1 saturated heterocycles. The number of aromatic nitrogens is 3. The summed E-state index contributed by atoms with van der Waals surface area (Å²) in [5.41, 5.74) is 2.12. The van der Waals surface area contributed by atoms with Crippen molar-refractivity contribution in [3.8, 4) is 5.75 Å². The van der Waals surface area contributed by atoms with E-state index in [1.807, 2.05) is 35.2 Å². The lowest BCUT2D eigenvalue weighted by Gasteiger charge is -2.24. The molecule has 0 radical (unpaired) electrons. The maximum Gasteiger partial charge on any atom is 0.256 e. The third kappa shape index (κ3) is 3.13. The lowest BCUT2D eigenvalue weighted by molar-refractivity contribution is 0.0659. The van der Waals surface area contributed by atoms with Gasteiger partial charge < -0.3 is 19.4 Å². The van der Waals surface area contributed by atoms with Crippen molar-refractivity contribution in [1.82, 2.24) is 19.9 Å². The van der Waals surface area contributed by atoms with Crippen LogP contribution < -0.4 is 4.74 Å². The van der Waals surface area contributed by atoms with Gasteiger partial charge in [0.2, 0.25) is 0 Å². The van der Waals surface area contributed by atoms with E-state index in [0.717, 1.165) is 11.9 Å². The quantitative estimate of drug-likeness (QED) is 0.762. The van der Waals surface area contributed by atoms with Crippen molar-refractivity contribution < 1.29 is 14.3 Å². The Hall–Kier alpha value is -2.93. The average molecular weight is 352 g/mol. The summed E-state index contributed by atoms with van der Waals surface area (Å²) < 4.78 is 11.3. The second-order valence-corrected chi connectivity index (χ2v) is 6.31. The molecule has 1 aliphatic heterocycles. The first-order chi connectivity index (χ1) is 12.8. The van der Waals surface area contributed by atoms with E-state index in [1.54, 1.807) is 25.8 Å². The summed E-state index contributed by atoms with van der Waals surface area (Å²) in [6.07, 6.45) is 5.70. The molecule has 1 amide bonds. The van der Waals surface area contributed by atoms with E-state index in [4.69, 9.17) is 9.47 Å². The summed E-state index contributed by atoms with van der Waals surface area (Å²) in [5.74, 6) is 0.636. The van der Waals surface area contributed by atoms with E-state index in [9.17, 15) is 4.79 Å². The summed E-state index contributed by atoms with van der Waals surface area (Å²) in [6.45, 7) is 0.936. The van der Waals surface area contributed by atoms with E-state index >= 15 is 0 Å². The molecular weight excluding hydrogens is 332 g/mol. The van der Waals surface area contributed by atoms with E-state index < -0.39 is 0 Å². The van der Waals surface area contributed by atoms with Gasteiger partial charge in [0.25, 0.3) is 5.91 Å². The maximum atomic E-state index is 13.2. The molecule has 0 spiro atoms. The van der Waals surface area contributed by atoms with E-state index in [2.05, 4.69) is 15.0 Å². The second kappa shape index (κ2) is 7.13. The molecule has 134 valence electrons. The van der Waals surface area contributed by atoms with Crippen LogP contribution in [0.25, 0.3) is 11.0 Å². The second-order valence-electron chi connectivity index (χ2n) is 6.31. The van der Waals surface area contributed by atoms with Gasteiger partial charge in [-0.3, -0.25) is 9.78 Å². The van der Waals surface area contributed by atoms with Crippen molar-refractivity contribution in [2.24, 2.45) is 0 Å². The Kier molecular flexibility index (Phi) is 4.53. The maximum absolute atomic E-state index is 13.2. The van der Waals surface area contributed by atoms with Gasteiger partial charge in [0.1, 0.15) is 17.9 Å². The number of carbonyl (C=O) groups is 1. The van der Waals surface area contributed by atoms with Crippen molar-refractivity contribution in [3.05, 3.63) is 54.6 Å².